The van der Waals surface area contributed by atoms with E-state index in [1.54, 1.807) is 18.0 Å². The maximum Gasteiger partial charge on any atom is 0.222 e. The highest BCUT2D eigenvalue weighted by Crippen LogP contribution is 2.24. The monoisotopic (exact) mass is 340 g/mol. The first kappa shape index (κ1) is 16.8. The standard InChI is InChI=1S/C18H20N4O3/c1-13(22-8-4-7-20-22)9-18(23)19-12-15-11-17(25-21-15)14-5-3-6-16(10-14)24-2/h3-8,10-11,13H,9,12H2,1-2H3,(H,19,23). The quantitative estimate of drug-likeness (QED) is 0.715. The zero-order chi connectivity index (χ0) is 17.6. The summed E-state index contributed by atoms with van der Waals surface area (Å²) >= 11 is 0. The van der Waals surface area contributed by atoms with Gasteiger partial charge in [0.05, 0.1) is 19.7 Å². The Morgan fingerprint density at radius 1 is 1.36 bits per heavy atom. The molecule has 0 aliphatic rings. The second-order valence-electron chi connectivity index (χ2n) is 5.73. The minimum atomic E-state index is -0.0612. The first-order chi connectivity index (χ1) is 12.2. The van der Waals surface area contributed by atoms with E-state index in [1.807, 2.05) is 49.5 Å². The first-order valence-corrected chi connectivity index (χ1v) is 8.01. The molecule has 1 unspecified atom stereocenters. The van der Waals surface area contributed by atoms with Crippen LogP contribution in [0.3, 0.4) is 0 Å². The van der Waals surface area contributed by atoms with E-state index in [4.69, 9.17) is 9.26 Å². The van der Waals surface area contributed by atoms with Gasteiger partial charge >= 0.3 is 0 Å². The lowest BCUT2D eigenvalue weighted by atomic mass is 10.1. The van der Waals surface area contributed by atoms with E-state index < -0.39 is 0 Å². The fourth-order valence-electron chi connectivity index (χ4n) is 2.47. The molecule has 0 saturated heterocycles. The zero-order valence-electron chi connectivity index (χ0n) is 14.2. The van der Waals surface area contributed by atoms with Crippen LogP contribution in [-0.2, 0) is 11.3 Å². The summed E-state index contributed by atoms with van der Waals surface area (Å²) in [6.07, 6.45) is 3.89. The first-order valence-electron chi connectivity index (χ1n) is 8.01. The fraction of sp³-hybridized carbons (Fsp3) is 0.278. The summed E-state index contributed by atoms with van der Waals surface area (Å²) in [5, 5.41) is 11.0. The highest BCUT2D eigenvalue weighted by atomic mass is 16.5. The molecule has 3 aromatic rings. The molecule has 1 N–H and O–H groups in total. The summed E-state index contributed by atoms with van der Waals surface area (Å²) in [5.41, 5.74) is 1.54. The van der Waals surface area contributed by atoms with Crippen LogP contribution < -0.4 is 10.1 Å². The molecule has 0 fully saturated rings. The normalized spacial score (nSPS) is 11.9. The van der Waals surface area contributed by atoms with Gasteiger partial charge in [0.1, 0.15) is 11.4 Å². The van der Waals surface area contributed by atoms with Crippen LogP contribution in [0.5, 0.6) is 5.75 Å². The minimum absolute atomic E-state index is 0.000321. The van der Waals surface area contributed by atoms with E-state index in [2.05, 4.69) is 15.6 Å². The Bertz CT molecular complexity index is 826. The van der Waals surface area contributed by atoms with Gasteiger partial charge in [-0.2, -0.15) is 5.10 Å². The summed E-state index contributed by atoms with van der Waals surface area (Å²) in [5.74, 6) is 1.32. The van der Waals surface area contributed by atoms with Gasteiger partial charge in [-0.25, -0.2) is 0 Å². The summed E-state index contributed by atoms with van der Waals surface area (Å²) in [6, 6.07) is 11.2. The number of aromatic nitrogens is 3. The van der Waals surface area contributed by atoms with Gasteiger partial charge in [-0.15, -0.1) is 0 Å². The number of amides is 1. The van der Waals surface area contributed by atoms with Crippen LogP contribution >= 0.6 is 0 Å². The lowest BCUT2D eigenvalue weighted by Gasteiger charge is -2.11. The number of methoxy groups -OCH3 is 1. The Hall–Kier alpha value is -3.09. The number of carbonyl (C=O) groups excluding carboxylic acids is 1. The molecule has 7 nitrogen and oxygen atoms in total. The number of nitrogens with one attached hydrogen (secondary N) is 1. The van der Waals surface area contributed by atoms with E-state index in [0.29, 0.717) is 24.4 Å². The second kappa shape index (κ2) is 7.65. The predicted octanol–water partition coefficient (Wildman–Crippen LogP) is 2.81. The molecule has 2 heterocycles. The van der Waals surface area contributed by atoms with E-state index in [0.717, 1.165) is 11.3 Å². The third kappa shape index (κ3) is 4.26. The third-order valence-corrected chi connectivity index (χ3v) is 3.84. The number of hydrogen-bond acceptors (Lipinski definition) is 5. The van der Waals surface area contributed by atoms with Gasteiger partial charge in [0.2, 0.25) is 5.91 Å². The van der Waals surface area contributed by atoms with Gasteiger partial charge in [0.15, 0.2) is 5.76 Å². The molecule has 130 valence electrons. The number of nitrogens with zero attached hydrogens (tertiary/aromatic N) is 3. The number of hydrogen-bond donors (Lipinski definition) is 1. The Morgan fingerprint density at radius 2 is 2.24 bits per heavy atom. The van der Waals surface area contributed by atoms with Crippen molar-refractivity contribution in [2.24, 2.45) is 0 Å². The number of ether oxygens (including phenoxy) is 1. The van der Waals surface area contributed by atoms with Crippen molar-refractivity contribution in [3.63, 3.8) is 0 Å². The van der Waals surface area contributed by atoms with Crippen molar-refractivity contribution in [3.05, 3.63) is 54.5 Å². The van der Waals surface area contributed by atoms with Gasteiger partial charge in [-0.1, -0.05) is 17.3 Å². The average Bonchev–Trinajstić information content (AvgIpc) is 3.32. The number of rotatable bonds is 7. The van der Waals surface area contributed by atoms with Crippen molar-refractivity contribution in [3.8, 4) is 17.1 Å². The average molecular weight is 340 g/mol. The minimum Gasteiger partial charge on any atom is -0.497 e. The van der Waals surface area contributed by atoms with Gasteiger partial charge in [0, 0.05) is 30.4 Å². The molecule has 3 rings (SSSR count). The molecule has 0 bridgehead atoms. The maximum absolute atomic E-state index is 12.1. The van der Waals surface area contributed by atoms with Crippen LogP contribution in [0.25, 0.3) is 11.3 Å². The Kier molecular flexibility index (Phi) is 5.13. The molecule has 0 aliphatic carbocycles. The highest BCUT2D eigenvalue weighted by Gasteiger charge is 2.12. The fourth-order valence-corrected chi connectivity index (χ4v) is 2.47. The van der Waals surface area contributed by atoms with Crippen LogP contribution in [0.1, 0.15) is 25.1 Å². The lowest BCUT2D eigenvalue weighted by molar-refractivity contribution is -0.122. The Balaban J connectivity index is 1.55. The Labute approximate surface area is 145 Å². The third-order valence-electron chi connectivity index (χ3n) is 3.84. The molecule has 2 aromatic heterocycles. The highest BCUT2D eigenvalue weighted by molar-refractivity contribution is 5.76. The lowest BCUT2D eigenvalue weighted by Crippen LogP contribution is -2.25. The molecule has 0 spiro atoms. The van der Waals surface area contributed by atoms with E-state index in [-0.39, 0.29) is 11.9 Å². The van der Waals surface area contributed by atoms with Crippen LogP contribution in [0.4, 0.5) is 0 Å². The van der Waals surface area contributed by atoms with E-state index in [9.17, 15) is 4.79 Å². The van der Waals surface area contributed by atoms with Crippen molar-refractivity contribution in [2.75, 3.05) is 7.11 Å². The SMILES string of the molecule is COc1cccc(-c2cc(CNC(=O)CC(C)n3cccn3)no2)c1. The van der Waals surface area contributed by atoms with Crippen LogP contribution in [-0.4, -0.2) is 28.0 Å². The van der Waals surface area contributed by atoms with Crippen molar-refractivity contribution in [1.82, 2.24) is 20.3 Å². The van der Waals surface area contributed by atoms with Gasteiger partial charge < -0.3 is 14.6 Å². The molecule has 1 atom stereocenters. The molecule has 0 saturated carbocycles. The van der Waals surface area contributed by atoms with Crippen LogP contribution in [0.15, 0.2) is 53.3 Å². The molecule has 0 radical (unpaired) electrons. The zero-order valence-corrected chi connectivity index (χ0v) is 14.2. The number of benzene rings is 1. The summed E-state index contributed by atoms with van der Waals surface area (Å²) in [6.45, 7) is 2.27. The van der Waals surface area contributed by atoms with Crippen molar-refractivity contribution >= 4 is 5.91 Å². The Morgan fingerprint density at radius 3 is 3.00 bits per heavy atom. The second-order valence-corrected chi connectivity index (χ2v) is 5.73. The summed E-state index contributed by atoms with van der Waals surface area (Å²) < 4.78 is 12.3. The molecule has 1 aromatic carbocycles. The molecule has 1 amide bonds. The van der Waals surface area contributed by atoms with E-state index in [1.165, 1.54) is 0 Å². The van der Waals surface area contributed by atoms with Gasteiger partial charge in [-0.3, -0.25) is 9.48 Å². The molecule has 7 heteroatoms. The van der Waals surface area contributed by atoms with Crippen LogP contribution in [0.2, 0.25) is 0 Å². The van der Waals surface area contributed by atoms with Crippen molar-refractivity contribution < 1.29 is 14.1 Å². The number of carbonyl (C=O) groups is 1. The molecule has 0 aliphatic heterocycles. The van der Waals surface area contributed by atoms with E-state index >= 15 is 0 Å². The maximum atomic E-state index is 12.1. The van der Waals surface area contributed by atoms with Crippen molar-refractivity contribution in [2.45, 2.75) is 25.9 Å². The summed E-state index contributed by atoms with van der Waals surface area (Å²) in [4.78, 5) is 12.1. The smallest absolute Gasteiger partial charge is 0.222 e. The molecular weight excluding hydrogens is 320 g/mol. The molecule has 25 heavy (non-hydrogen) atoms. The molecular formula is C18H20N4O3. The van der Waals surface area contributed by atoms with Gasteiger partial charge in [0.25, 0.3) is 0 Å². The van der Waals surface area contributed by atoms with Gasteiger partial charge in [-0.05, 0) is 25.1 Å². The van der Waals surface area contributed by atoms with Crippen molar-refractivity contribution in [1.29, 1.82) is 0 Å². The largest absolute Gasteiger partial charge is 0.497 e. The predicted molar refractivity (Wildman–Crippen MR) is 91.9 cm³/mol. The summed E-state index contributed by atoms with van der Waals surface area (Å²) in [7, 11) is 1.62. The topological polar surface area (TPSA) is 82.2 Å². The van der Waals surface area contributed by atoms with Crippen LogP contribution in [0, 0.1) is 0 Å².